The molecule has 8 nitrogen and oxygen atoms in total. The third-order valence-electron chi connectivity index (χ3n) is 3.61. The van der Waals surface area contributed by atoms with Crippen LogP contribution in [0.25, 0.3) is 0 Å². The van der Waals surface area contributed by atoms with E-state index in [9.17, 15) is 18.8 Å². The van der Waals surface area contributed by atoms with Gasteiger partial charge in [-0.3, -0.25) is 14.4 Å². The highest BCUT2D eigenvalue weighted by Crippen LogP contribution is 2.19. The molecule has 1 amide bonds. The summed E-state index contributed by atoms with van der Waals surface area (Å²) in [5.41, 5.74) is 11.1. The fourth-order valence-corrected chi connectivity index (χ4v) is 2.29. The van der Waals surface area contributed by atoms with E-state index >= 15 is 0 Å². The first-order valence-electron chi connectivity index (χ1n) is 7.11. The molecule has 22 heavy (non-hydrogen) atoms. The number of aliphatic carboxylic acids is 1. The van der Waals surface area contributed by atoms with Gasteiger partial charge in [-0.15, -0.1) is 0 Å². The second-order valence-corrected chi connectivity index (χ2v) is 5.24. The summed E-state index contributed by atoms with van der Waals surface area (Å²) in [4.78, 5) is 35.5. The molecule has 1 fully saturated rings. The molecule has 0 radical (unpaired) electrons. The number of likely N-dealkylation sites (tertiary alicyclic amines) is 1. The normalized spacial score (nSPS) is 24.5. The van der Waals surface area contributed by atoms with Crippen LogP contribution in [0.4, 0.5) is 4.39 Å². The molecule has 1 heterocycles. The number of nitrogens with two attached hydrogens (primary N) is 2. The van der Waals surface area contributed by atoms with Gasteiger partial charge in [0.25, 0.3) is 5.91 Å². The number of esters is 1. The van der Waals surface area contributed by atoms with Crippen molar-refractivity contribution in [2.24, 2.45) is 17.4 Å². The number of rotatable bonds is 6. The number of nitrogens with zero attached hydrogens (tertiary/aromatic N) is 1. The number of piperidine rings is 1. The van der Waals surface area contributed by atoms with Gasteiger partial charge in [0, 0.05) is 25.6 Å². The van der Waals surface area contributed by atoms with Crippen LogP contribution in [0.15, 0.2) is 0 Å². The predicted octanol–water partition coefficient (Wildman–Crippen LogP) is -1.13. The molecular formula is C13H22FN3O5. The highest BCUT2D eigenvalue weighted by molar-refractivity contribution is 5.83. The van der Waals surface area contributed by atoms with E-state index in [0.717, 1.165) is 0 Å². The van der Waals surface area contributed by atoms with Gasteiger partial charge in [-0.2, -0.15) is 0 Å². The molecule has 0 saturated carbocycles. The van der Waals surface area contributed by atoms with Crippen LogP contribution in [0.1, 0.15) is 19.8 Å². The third-order valence-corrected chi connectivity index (χ3v) is 3.61. The predicted molar refractivity (Wildman–Crippen MR) is 74.4 cm³/mol. The molecule has 1 aliphatic heterocycles. The van der Waals surface area contributed by atoms with Crippen LogP contribution in [-0.2, 0) is 19.1 Å². The van der Waals surface area contributed by atoms with Crippen LogP contribution in [0, 0.1) is 5.92 Å². The van der Waals surface area contributed by atoms with E-state index in [1.54, 1.807) is 6.92 Å². The maximum atomic E-state index is 13.9. The van der Waals surface area contributed by atoms with Gasteiger partial charge in [0.2, 0.25) is 0 Å². The maximum absolute atomic E-state index is 13.9. The van der Waals surface area contributed by atoms with E-state index in [4.69, 9.17) is 21.3 Å². The molecule has 0 aromatic carbocycles. The van der Waals surface area contributed by atoms with Gasteiger partial charge in [-0.05, 0) is 13.3 Å². The van der Waals surface area contributed by atoms with Crippen LogP contribution >= 0.6 is 0 Å². The smallest absolute Gasteiger partial charge is 0.320 e. The summed E-state index contributed by atoms with van der Waals surface area (Å²) in [6, 6.07) is -1.91. The van der Waals surface area contributed by atoms with Gasteiger partial charge in [-0.1, -0.05) is 0 Å². The first kappa shape index (κ1) is 18.3. The van der Waals surface area contributed by atoms with E-state index in [1.807, 2.05) is 0 Å². The Balaban J connectivity index is 2.65. The van der Waals surface area contributed by atoms with Gasteiger partial charge in [0.15, 0.2) is 6.17 Å². The second kappa shape index (κ2) is 8.04. The van der Waals surface area contributed by atoms with Crippen molar-refractivity contribution in [2.45, 2.75) is 38.0 Å². The minimum atomic E-state index is -2.02. The maximum Gasteiger partial charge on any atom is 0.320 e. The Hall–Kier alpha value is -1.74. The monoisotopic (exact) mass is 319 g/mol. The van der Waals surface area contributed by atoms with E-state index in [2.05, 4.69) is 0 Å². The summed E-state index contributed by atoms with van der Waals surface area (Å²) in [7, 11) is 0. The molecule has 5 N–H and O–H groups in total. The van der Waals surface area contributed by atoms with Crippen molar-refractivity contribution < 1.29 is 28.6 Å². The number of carboxylic acids is 1. The Morgan fingerprint density at radius 2 is 2.09 bits per heavy atom. The Bertz CT molecular complexity index is 434. The van der Waals surface area contributed by atoms with Gasteiger partial charge >= 0.3 is 11.9 Å². The second-order valence-electron chi connectivity index (χ2n) is 5.24. The van der Waals surface area contributed by atoms with Crippen LogP contribution < -0.4 is 11.5 Å². The van der Waals surface area contributed by atoms with Gasteiger partial charge in [0.1, 0.15) is 6.04 Å². The molecule has 126 valence electrons. The SMILES string of the molecule is CCOC(=O)C1CN(C(=O)[C@@H](F)C[C@H](N)C(=O)O)CCC1N. The van der Waals surface area contributed by atoms with Crippen molar-refractivity contribution in [3.8, 4) is 0 Å². The zero-order chi connectivity index (χ0) is 16.9. The average Bonchev–Trinajstić information content (AvgIpc) is 2.46. The lowest BCUT2D eigenvalue weighted by Crippen LogP contribution is -2.54. The minimum Gasteiger partial charge on any atom is -0.480 e. The van der Waals surface area contributed by atoms with Crippen LogP contribution in [0.3, 0.4) is 0 Å². The third kappa shape index (κ3) is 4.63. The first-order chi connectivity index (χ1) is 10.3. The number of carbonyl (C=O) groups is 3. The first-order valence-corrected chi connectivity index (χ1v) is 7.11. The standard InChI is InChI=1S/C13H22FN3O5/c1-2-22-13(21)7-6-17(4-3-9(7)15)11(18)8(14)5-10(16)12(19)20/h7-10H,2-6,15-16H2,1H3,(H,19,20)/t7?,8-,9?,10-/m0/s1. The van der Waals surface area contributed by atoms with Crippen molar-refractivity contribution in [1.82, 2.24) is 4.90 Å². The molecule has 2 unspecified atom stereocenters. The number of amides is 1. The number of carboxylic acid groups (broad SMARTS) is 1. The van der Waals surface area contributed by atoms with E-state index < -0.39 is 48.4 Å². The molecule has 0 spiro atoms. The summed E-state index contributed by atoms with van der Waals surface area (Å²) in [6.07, 6.45) is -2.29. The Labute approximate surface area is 127 Å². The van der Waals surface area contributed by atoms with Crippen molar-refractivity contribution in [2.75, 3.05) is 19.7 Å². The highest BCUT2D eigenvalue weighted by Gasteiger charge is 2.37. The van der Waals surface area contributed by atoms with Gasteiger partial charge in [-0.25, -0.2) is 4.39 Å². The van der Waals surface area contributed by atoms with Gasteiger partial charge < -0.3 is 26.2 Å². The zero-order valence-electron chi connectivity index (χ0n) is 12.4. The van der Waals surface area contributed by atoms with Crippen molar-refractivity contribution in [1.29, 1.82) is 0 Å². The minimum absolute atomic E-state index is 0.0401. The number of hydrogen-bond donors (Lipinski definition) is 3. The lowest BCUT2D eigenvalue weighted by Gasteiger charge is -2.36. The zero-order valence-corrected chi connectivity index (χ0v) is 12.4. The number of halogens is 1. The Morgan fingerprint density at radius 3 is 2.64 bits per heavy atom. The van der Waals surface area contributed by atoms with Crippen molar-refractivity contribution in [3.05, 3.63) is 0 Å². The summed E-state index contributed by atoms with van der Waals surface area (Å²) in [5, 5.41) is 8.64. The highest BCUT2D eigenvalue weighted by atomic mass is 19.1. The largest absolute Gasteiger partial charge is 0.480 e. The molecule has 4 atom stereocenters. The molecule has 0 aromatic heterocycles. The summed E-state index contributed by atoms with van der Waals surface area (Å²) < 4.78 is 18.8. The Morgan fingerprint density at radius 1 is 1.45 bits per heavy atom. The lowest BCUT2D eigenvalue weighted by atomic mass is 9.92. The van der Waals surface area contributed by atoms with Crippen LogP contribution in [-0.4, -0.2) is 65.8 Å². The fourth-order valence-electron chi connectivity index (χ4n) is 2.29. The molecule has 0 aliphatic carbocycles. The lowest BCUT2D eigenvalue weighted by molar-refractivity contribution is -0.153. The van der Waals surface area contributed by atoms with E-state index in [-0.39, 0.29) is 19.7 Å². The summed E-state index contributed by atoms with van der Waals surface area (Å²) >= 11 is 0. The van der Waals surface area contributed by atoms with Crippen molar-refractivity contribution in [3.63, 3.8) is 0 Å². The number of carbonyl (C=O) groups excluding carboxylic acids is 2. The molecule has 1 saturated heterocycles. The molecule has 0 aromatic rings. The van der Waals surface area contributed by atoms with E-state index in [1.165, 1.54) is 4.90 Å². The topological polar surface area (TPSA) is 136 Å². The summed E-state index contributed by atoms with van der Waals surface area (Å²) in [6.45, 7) is 2.01. The molecule has 1 aliphatic rings. The number of hydrogen-bond acceptors (Lipinski definition) is 6. The summed E-state index contributed by atoms with van der Waals surface area (Å²) in [5.74, 6) is -3.48. The van der Waals surface area contributed by atoms with Crippen LogP contribution in [0.2, 0.25) is 0 Å². The van der Waals surface area contributed by atoms with E-state index in [0.29, 0.717) is 6.42 Å². The van der Waals surface area contributed by atoms with Crippen molar-refractivity contribution >= 4 is 17.8 Å². The average molecular weight is 319 g/mol. The molecule has 9 heteroatoms. The van der Waals surface area contributed by atoms with Gasteiger partial charge in [0.05, 0.1) is 12.5 Å². The molecule has 0 bridgehead atoms. The quantitative estimate of drug-likeness (QED) is 0.527. The number of alkyl halides is 1. The van der Waals surface area contributed by atoms with Crippen LogP contribution in [0.5, 0.6) is 0 Å². The molecular weight excluding hydrogens is 297 g/mol. The number of ether oxygens (including phenoxy) is 1. The fraction of sp³-hybridized carbons (Fsp3) is 0.769. The Kier molecular flexibility index (Phi) is 6.69. The molecule has 1 rings (SSSR count).